The fourth-order valence-corrected chi connectivity index (χ4v) is 3.13. The van der Waals surface area contributed by atoms with Gasteiger partial charge in [0.25, 0.3) is 0 Å². The Bertz CT molecular complexity index is 530. The molecule has 20 heavy (non-hydrogen) atoms. The summed E-state index contributed by atoms with van der Waals surface area (Å²) in [7, 11) is 0. The van der Waals surface area contributed by atoms with Crippen molar-refractivity contribution in [1.29, 1.82) is 0 Å². The first-order valence-electron chi connectivity index (χ1n) is 7.16. The third-order valence-corrected chi connectivity index (χ3v) is 4.69. The van der Waals surface area contributed by atoms with Crippen molar-refractivity contribution in [2.24, 2.45) is 0 Å². The molecule has 0 aromatic heterocycles. The Morgan fingerprint density at radius 2 is 1.75 bits per heavy atom. The zero-order valence-corrected chi connectivity index (χ0v) is 11.4. The predicted octanol–water partition coefficient (Wildman–Crippen LogP) is 2.23. The molecule has 1 aromatic carbocycles. The van der Waals surface area contributed by atoms with Crippen molar-refractivity contribution in [3.05, 3.63) is 35.9 Å². The molecule has 0 bridgehead atoms. The summed E-state index contributed by atoms with van der Waals surface area (Å²) in [5.41, 5.74) is 0.123. The number of hydrogen-bond acceptors (Lipinski definition) is 2. The van der Waals surface area contributed by atoms with E-state index in [-0.39, 0.29) is 12.3 Å². The summed E-state index contributed by atoms with van der Waals surface area (Å²) in [4.78, 5) is 23.6. The topological polar surface area (TPSA) is 66.4 Å². The fourth-order valence-electron chi connectivity index (χ4n) is 3.13. The number of nitrogens with one attached hydrogen (secondary N) is 1. The SMILES string of the molecule is O=C(O)CC1(NC(=O)C2(c3ccccc3)CC2)CCC1. The van der Waals surface area contributed by atoms with Crippen molar-refractivity contribution >= 4 is 11.9 Å². The molecule has 3 rings (SSSR count). The van der Waals surface area contributed by atoms with Crippen molar-refractivity contribution in [1.82, 2.24) is 5.32 Å². The standard InChI is InChI=1S/C16H19NO3/c18-13(19)11-15(7-4-8-15)17-14(20)16(9-10-16)12-5-2-1-3-6-12/h1-3,5-6H,4,7-11H2,(H,17,20)(H,18,19). The molecule has 106 valence electrons. The minimum Gasteiger partial charge on any atom is -0.481 e. The molecule has 2 fully saturated rings. The van der Waals surface area contributed by atoms with Gasteiger partial charge < -0.3 is 10.4 Å². The third-order valence-electron chi connectivity index (χ3n) is 4.69. The van der Waals surface area contributed by atoms with Gasteiger partial charge in [-0.05, 0) is 37.7 Å². The van der Waals surface area contributed by atoms with Gasteiger partial charge in [-0.1, -0.05) is 30.3 Å². The summed E-state index contributed by atoms with van der Waals surface area (Å²) in [6.45, 7) is 0. The second kappa shape index (κ2) is 4.62. The van der Waals surface area contributed by atoms with Gasteiger partial charge in [0.2, 0.25) is 5.91 Å². The highest BCUT2D eigenvalue weighted by Gasteiger charge is 2.53. The maximum absolute atomic E-state index is 12.6. The molecule has 0 saturated heterocycles. The molecule has 2 aliphatic rings. The van der Waals surface area contributed by atoms with Gasteiger partial charge in [0.05, 0.1) is 17.4 Å². The number of benzene rings is 1. The van der Waals surface area contributed by atoms with Crippen LogP contribution in [0.4, 0.5) is 0 Å². The molecule has 2 aliphatic carbocycles. The van der Waals surface area contributed by atoms with Gasteiger partial charge in [0.1, 0.15) is 0 Å². The summed E-state index contributed by atoms with van der Waals surface area (Å²) in [5.74, 6) is -0.834. The molecular weight excluding hydrogens is 254 g/mol. The molecule has 0 unspecified atom stereocenters. The lowest BCUT2D eigenvalue weighted by Gasteiger charge is -2.42. The van der Waals surface area contributed by atoms with Crippen LogP contribution in [0.5, 0.6) is 0 Å². The van der Waals surface area contributed by atoms with Crippen molar-refractivity contribution < 1.29 is 14.7 Å². The Kier molecular flexibility index (Phi) is 3.04. The van der Waals surface area contributed by atoms with Crippen LogP contribution in [0.3, 0.4) is 0 Å². The van der Waals surface area contributed by atoms with Gasteiger partial charge >= 0.3 is 5.97 Å². The highest BCUT2D eigenvalue weighted by atomic mass is 16.4. The number of hydrogen-bond donors (Lipinski definition) is 2. The summed E-state index contributed by atoms with van der Waals surface area (Å²) in [6.07, 6.45) is 4.28. The molecule has 1 aromatic rings. The first-order chi connectivity index (χ1) is 9.56. The van der Waals surface area contributed by atoms with Crippen LogP contribution in [0.15, 0.2) is 30.3 Å². The van der Waals surface area contributed by atoms with Crippen molar-refractivity contribution in [2.75, 3.05) is 0 Å². The second-order valence-electron chi connectivity index (χ2n) is 6.11. The molecule has 4 nitrogen and oxygen atoms in total. The zero-order chi connectivity index (χ0) is 14.2. The Morgan fingerprint density at radius 1 is 1.10 bits per heavy atom. The molecule has 0 radical (unpaired) electrons. The second-order valence-corrected chi connectivity index (χ2v) is 6.11. The minimum absolute atomic E-state index is 0.00431. The van der Waals surface area contributed by atoms with Crippen LogP contribution >= 0.6 is 0 Å². The van der Waals surface area contributed by atoms with E-state index in [9.17, 15) is 9.59 Å². The van der Waals surface area contributed by atoms with E-state index in [1.165, 1.54) is 0 Å². The maximum atomic E-state index is 12.6. The normalized spacial score (nSPS) is 21.6. The molecule has 1 amide bonds. The molecule has 2 N–H and O–H groups in total. The Hall–Kier alpha value is -1.84. The Balaban J connectivity index is 1.75. The summed E-state index contributed by atoms with van der Waals surface area (Å²) >= 11 is 0. The molecule has 2 saturated carbocycles. The Labute approximate surface area is 118 Å². The van der Waals surface area contributed by atoms with Gasteiger partial charge in [-0.15, -0.1) is 0 Å². The van der Waals surface area contributed by atoms with E-state index in [4.69, 9.17) is 5.11 Å². The number of carboxylic acid groups (broad SMARTS) is 1. The first kappa shape index (κ1) is 13.2. The molecule has 4 heteroatoms. The summed E-state index contributed by atoms with van der Waals surface area (Å²) < 4.78 is 0. The fraction of sp³-hybridized carbons (Fsp3) is 0.500. The number of amides is 1. The van der Waals surface area contributed by atoms with Crippen LogP contribution in [-0.4, -0.2) is 22.5 Å². The van der Waals surface area contributed by atoms with E-state index in [0.29, 0.717) is 0 Å². The molecule has 0 heterocycles. The van der Waals surface area contributed by atoms with Gasteiger partial charge in [-0.2, -0.15) is 0 Å². The summed E-state index contributed by atoms with van der Waals surface area (Å²) in [6, 6.07) is 9.79. The van der Waals surface area contributed by atoms with Crippen molar-refractivity contribution in [2.45, 2.75) is 49.5 Å². The Morgan fingerprint density at radius 3 is 2.20 bits per heavy atom. The molecule has 0 spiro atoms. The van der Waals surface area contributed by atoms with Crippen molar-refractivity contribution in [3.8, 4) is 0 Å². The lowest BCUT2D eigenvalue weighted by molar-refractivity contribution is -0.140. The van der Waals surface area contributed by atoms with E-state index < -0.39 is 16.9 Å². The molecule has 0 atom stereocenters. The monoisotopic (exact) mass is 273 g/mol. The zero-order valence-electron chi connectivity index (χ0n) is 11.4. The van der Waals surface area contributed by atoms with Crippen molar-refractivity contribution in [3.63, 3.8) is 0 Å². The highest BCUT2D eigenvalue weighted by molar-refractivity contribution is 5.92. The average molecular weight is 273 g/mol. The van der Waals surface area contributed by atoms with E-state index in [1.807, 2.05) is 30.3 Å². The molecular formula is C16H19NO3. The lowest BCUT2D eigenvalue weighted by Crippen LogP contribution is -2.57. The van der Waals surface area contributed by atoms with Crippen LogP contribution in [0.25, 0.3) is 0 Å². The lowest BCUT2D eigenvalue weighted by atomic mass is 9.73. The number of aliphatic carboxylic acids is 1. The number of carboxylic acids is 1. The predicted molar refractivity (Wildman–Crippen MR) is 74.3 cm³/mol. The van der Waals surface area contributed by atoms with Crippen LogP contribution in [0.2, 0.25) is 0 Å². The van der Waals surface area contributed by atoms with Gasteiger partial charge in [-0.25, -0.2) is 0 Å². The van der Waals surface area contributed by atoms with Gasteiger partial charge in [0, 0.05) is 0 Å². The van der Waals surface area contributed by atoms with Crippen LogP contribution < -0.4 is 5.32 Å². The maximum Gasteiger partial charge on any atom is 0.305 e. The number of carbonyl (C=O) groups is 2. The number of rotatable bonds is 5. The number of carbonyl (C=O) groups excluding carboxylic acids is 1. The highest BCUT2D eigenvalue weighted by Crippen LogP contribution is 2.49. The minimum atomic E-state index is -0.838. The van der Waals surface area contributed by atoms with E-state index in [2.05, 4.69) is 5.32 Å². The van der Waals surface area contributed by atoms with Crippen LogP contribution in [0.1, 0.15) is 44.1 Å². The smallest absolute Gasteiger partial charge is 0.305 e. The quantitative estimate of drug-likeness (QED) is 0.864. The third kappa shape index (κ3) is 2.19. The first-order valence-corrected chi connectivity index (χ1v) is 7.16. The van der Waals surface area contributed by atoms with Gasteiger partial charge in [-0.3, -0.25) is 9.59 Å². The van der Waals surface area contributed by atoms with E-state index in [1.54, 1.807) is 0 Å². The van der Waals surface area contributed by atoms with E-state index in [0.717, 1.165) is 37.7 Å². The molecule has 0 aliphatic heterocycles. The summed E-state index contributed by atoms with van der Waals surface area (Å²) in [5, 5.41) is 12.1. The average Bonchev–Trinajstić information content (AvgIpc) is 3.18. The largest absolute Gasteiger partial charge is 0.481 e. The van der Waals surface area contributed by atoms with Crippen LogP contribution in [-0.2, 0) is 15.0 Å². The van der Waals surface area contributed by atoms with Crippen LogP contribution in [0, 0.1) is 0 Å². The van der Waals surface area contributed by atoms with E-state index >= 15 is 0 Å². The van der Waals surface area contributed by atoms with Gasteiger partial charge in [0.15, 0.2) is 0 Å².